The molecule has 0 aliphatic carbocycles. The first-order valence-corrected chi connectivity index (χ1v) is 7.26. The fourth-order valence-electron chi connectivity index (χ4n) is 2.29. The number of carbonyl (C=O) groups excluding carboxylic acids is 1. The quantitative estimate of drug-likeness (QED) is 0.751. The molecule has 2 rings (SSSR count). The standard InChI is InChI=1S/C16H22O4/c1-2-18-16(17)15(13-8-4-3-5-9-13)20-12-14-10-6-7-11-19-14/h3-5,8-9,14-15H,2,6-7,10-12H2,1H3. The minimum Gasteiger partial charge on any atom is -0.464 e. The highest BCUT2D eigenvalue weighted by molar-refractivity contribution is 5.76. The first-order chi connectivity index (χ1) is 9.81. The van der Waals surface area contributed by atoms with Gasteiger partial charge in [-0.15, -0.1) is 0 Å². The van der Waals surface area contributed by atoms with Gasteiger partial charge in [0.15, 0.2) is 6.10 Å². The Morgan fingerprint density at radius 1 is 1.35 bits per heavy atom. The zero-order chi connectivity index (χ0) is 14.2. The Kier molecular flexibility index (Phi) is 6.02. The van der Waals surface area contributed by atoms with Crippen molar-refractivity contribution in [2.24, 2.45) is 0 Å². The van der Waals surface area contributed by atoms with E-state index in [1.807, 2.05) is 30.3 Å². The monoisotopic (exact) mass is 278 g/mol. The summed E-state index contributed by atoms with van der Waals surface area (Å²) in [6.07, 6.45) is 2.68. The molecule has 0 radical (unpaired) electrons. The Hall–Kier alpha value is -1.39. The second-order valence-electron chi connectivity index (χ2n) is 4.86. The van der Waals surface area contributed by atoms with Crippen LogP contribution in [0.1, 0.15) is 37.9 Å². The topological polar surface area (TPSA) is 44.8 Å². The maximum atomic E-state index is 12.0. The van der Waals surface area contributed by atoms with E-state index in [4.69, 9.17) is 14.2 Å². The minimum atomic E-state index is -0.665. The molecule has 0 amide bonds. The first-order valence-electron chi connectivity index (χ1n) is 7.26. The zero-order valence-corrected chi connectivity index (χ0v) is 11.9. The van der Waals surface area contributed by atoms with Crippen LogP contribution in [0.5, 0.6) is 0 Å². The summed E-state index contributed by atoms with van der Waals surface area (Å²) in [7, 11) is 0. The largest absolute Gasteiger partial charge is 0.464 e. The van der Waals surface area contributed by atoms with Crippen molar-refractivity contribution in [1.29, 1.82) is 0 Å². The van der Waals surface area contributed by atoms with Crippen LogP contribution in [0.25, 0.3) is 0 Å². The van der Waals surface area contributed by atoms with E-state index in [-0.39, 0.29) is 12.1 Å². The van der Waals surface area contributed by atoms with E-state index in [1.165, 1.54) is 0 Å². The molecule has 0 saturated carbocycles. The highest BCUT2D eigenvalue weighted by Gasteiger charge is 2.25. The molecule has 110 valence electrons. The van der Waals surface area contributed by atoms with Crippen LogP contribution in [0.2, 0.25) is 0 Å². The van der Waals surface area contributed by atoms with Gasteiger partial charge in [0, 0.05) is 6.61 Å². The molecule has 20 heavy (non-hydrogen) atoms. The summed E-state index contributed by atoms with van der Waals surface area (Å²) in [6, 6.07) is 9.45. The van der Waals surface area contributed by atoms with Crippen LogP contribution in [0, 0.1) is 0 Å². The van der Waals surface area contributed by atoms with Gasteiger partial charge in [0.25, 0.3) is 0 Å². The lowest BCUT2D eigenvalue weighted by atomic mass is 10.1. The van der Waals surface area contributed by atoms with E-state index >= 15 is 0 Å². The molecule has 0 bridgehead atoms. The number of hydrogen-bond donors (Lipinski definition) is 0. The van der Waals surface area contributed by atoms with Crippen LogP contribution >= 0.6 is 0 Å². The highest BCUT2D eigenvalue weighted by atomic mass is 16.6. The summed E-state index contributed by atoms with van der Waals surface area (Å²) < 4.78 is 16.5. The molecule has 4 heteroatoms. The third-order valence-electron chi connectivity index (χ3n) is 3.33. The van der Waals surface area contributed by atoms with Gasteiger partial charge in [-0.05, 0) is 31.7 Å². The number of carbonyl (C=O) groups is 1. The van der Waals surface area contributed by atoms with Gasteiger partial charge < -0.3 is 14.2 Å². The van der Waals surface area contributed by atoms with Gasteiger partial charge in [0.1, 0.15) is 0 Å². The average Bonchev–Trinajstić information content (AvgIpc) is 2.50. The van der Waals surface area contributed by atoms with E-state index in [0.29, 0.717) is 13.2 Å². The van der Waals surface area contributed by atoms with Gasteiger partial charge in [0.2, 0.25) is 0 Å². The molecule has 1 heterocycles. The predicted molar refractivity (Wildman–Crippen MR) is 75.4 cm³/mol. The van der Waals surface area contributed by atoms with Gasteiger partial charge in [-0.25, -0.2) is 4.79 Å². The number of esters is 1. The SMILES string of the molecule is CCOC(=O)C(OCC1CCCCO1)c1ccccc1. The van der Waals surface area contributed by atoms with Crippen molar-refractivity contribution >= 4 is 5.97 Å². The van der Waals surface area contributed by atoms with Crippen LogP contribution < -0.4 is 0 Å². The van der Waals surface area contributed by atoms with Crippen molar-refractivity contribution in [3.05, 3.63) is 35.9 Å². The lowest BCUT2D eigenvalue weighted by Gasteiger charge is -2.24. The predicted octanol–water partition coefficient (Wildman–Crippen LogP) is 2.88. The summed E-state index contributed by atoms with van der Waals surface area (Å²) in [5.74, 6) is -0.338. The molecule has 2 atom stereocenters. The number of ether oxygens (including phenoxy) is 3. The van der Waals surface area contributed by atoms with Crippen LogP contribution in [-0.2, 0) is 19.0 Å². The molecule has 1 aliphatic heterocycles. The lowest BCUT2D eigenvalue weighted by molar-refractivity contribution is -0.160. The Morgan fingerprint density at radius 3 is 2.80 bits per heavy atom. The summed E-state index contributed by atoms with van der Waals surface area (Å²) >= 11 is 0. The van der Waals surface area contributed by atoms with Gasteiger partial charge in [-0.2, -0.15) is 0 Å². The summed E-state index contributed by atoms with van der Waals surface area (Å²) in [5.41, 5.74) is 0.821. The van der Waals surface area contributed by atoms with Crippen molar-refractivity contribution in [2.45, 2.75) is 38.4 Å². The lowest BCUT2D eigenvalue weighted by Crippen LogP contribution is -2.28. The van der Waals surface area contributed by atoms with E-state index in [1.54, 1.807) is 6.92 Å². The third kappa shape index (κ3) is 4.32. The van der Waals surface area contributed by atoms with Crippen LogP contribution in [-0.4, -0.2) is 31.9 Å². The Morgan fingerprint density at radius 2 is 2.15 bits per heavy atom. The fraction of sp³-hybridized carbons (Fsp3) is 0.562. The molecular formula is C16H22O4. The van der Waals surface area contributed by atoms with E-state index in [0.717, 1.165) is 31.4 Å². The van der Waals surface area contributed by atoms with Crippen LogP contribution in [0.3, 0.4) is 0 Å². The van der Waals surface area contributed by atoms with Crippen molar-refractivity contribution in [1.82, 2.24) is 0 Å². The third-order valence-corrected chi connectivity index (χ3v) is 3.33. The zero-order valence-electron chi connectivity index (χ0n) is 11.9. The van der Waals surface area contributed by atoms with Crippen LogP contribution in [0.15, 0.2) is 30.3 Å². The fourth-order valence-corrected chi connectivity index (χ4v) is 2.29. The normalized spacial score (nSPS) is 20.4. The number of rotatable bonds is 6. The van der Waals surface area contributed by atoms with Gasteiger partial charge in [-0.1, -0.05) is 30.3 Å². The maximum absolute atomic E-state index is 12.0. The first kappa shape index (κ1) is 15.0. The molecule has 1 aromatic carbocycles. The molecule has 1 saturated heterocycles. The van der Waals surface area contributed by atoms with Crippen molar-refractivity contribution in [3.63, 3.8) is 0 Å². The Bertz CT molecular complexity index is 398. The minimum absolute atomic E-state index is 0.0874. The van der Waals surface area contributed by atoms with Crippen molar-refractivity contribution in [3.8, 4) is 0 Å². The van der Waals surface area contributed by atoms with Gasteiger partial charge in [0.05, 0.1) is 19.3 Å². The molecule has 0 N–H and O–H groups in total. The summed E-state index contributed by atoms with van der Waals surface area (Å²) in [5, 5.41) is 0. The van der Waals surface area contributed by atoms with E-state index in [9.17, 15) is 4.79 Å². The maximum Gasteiger partial charge on any atom is 0.339 e. The van der Waals surface area contributed by atoms with Crippen LogP contribution in [0.4, 0.5) is 0 Å². The summed E-state index contributed by atoms with van der Waals surface area (Å²) in [4.78, 5) is 12.0. The van der Waals surface area contributed by atoms with Crippen molar-refractivity contribution < 1.29 is 19.0 Å². The second-order valence-corrected chi connectivity index (χ2v) is 4.86. The van der Waals surface area contributed by atoms with Gasteiger partial charge in [-0.3, -0.25) is 0 Å². The molecule has 0 aromatic heterocycles. The molecular weight excluding hydrogens is 256 g/mol. The molecule has 1 aliphatic rings. The second kappa shape index (κ2) is 8.02. The molecule has 0 spiro atoms. The number of benzene rings is 1. The molecule has 4 nitrogen and oxygen atoms in total. The smallest absolute Gasteiger partial charge is 0.339 e. The number of hydrogen-bond acceptors (Lipinski definition) is 4. The van der Waals surface area contributed by atoms with E-state index < -0.39 is 6.10 Å². The summed E-state index contributed by atoms with van der Waals surface area (Å²) in [6.45, 7) is 3.36. The molecule has 2 unspecified atom stereocenters. The Labute approximate surface area is 120 Å². The average molecular weight is 278 g/mol. The molecule has 1 aromatic rings. The molecule has 1 fully saturated rings. The highest BCUT2D eigenvalue weighted by Crippen LogP contribution is 2.21. The van der Waals surface area contributed by atoms with Gasteiger partial charge >= 0.3 is 5.97 Å². The van der Waals surface area contributed by atoms with Crippen molar-refractivity contribution in [2.75, 3.05) is 19.8 Å². The van der Waals surface area contributed by atoms with E-state index in [2.05, 4.69) is 0 Å². The Balaban J connectivity index is 1.97.